The molecule has 1 aromatic carbocycles. The van der Waals surface area contributed by atoms with Crippen LogP contribution in [-0.4, -0.2) is 39.9 Å². The van der Waals surface area contributed by atoms with E-state index in [1.165, 1.54) is 0 Å². The van der Waals surface area contributed by atoms with E-state index in [1.807, 2.05) is 42.3 Å². The first kappa shape index (κ1) is 13.1. The van der Waals surface area contributed by atoms with Crippen LogP contribution >= 0.6 is 0 Å². The summed E-state index contributed by atoms with van der Waals surface area (Å²) in [4.78, 5) is 2.03. The average molecular weight is 245 g/mol. The highest BCUT2D eigenvalue weighted by Crippen LogP contribution is 2.40. The predicted molar refractivity (Wildman–Crippen MR) is 70.8 cm³/mol. The fourth-order valence-electron chi connectivity index (χ4n) is 2.64. The molecule has 0 bridgehead atoms. The molecule has 0 aliphatic carbocycles. The molecular formula is C15H19NO2. The van der Waals surface area contributed by atoms with Crippen LogP contribution in [0.5, 0.6) is 0 Å². The standard InChI is InChI=1S/C15H19NO2/c1-4-15(18)10-13(12-8-6-5-7-9-12)16(3)11-14(15,2)17/h1,5-9,13,17-18H,10-11H2,2-3H3/t13-,14-,15+/m0/s1. The van der Waals surface area contributed by atoms with E-state index in [-0.39, 0.29) is 6.04 Å². The lowest BCUT2D eigenvalue weighted by atomic mass is 9.74. The van der Waals surface area contributed by atoms with E-state index in [0.29, 0.717) is 13.0 Å². The van der Waals surface area contributed by atoms with Gasteiger partial charge in [0.15, 0.2) is 5.60 Å². The number of likely N-dealkylation sites (tertiary alicyclic amines) is 1. The molecule has 0 amide bonds. The Morgan fingerprint density at radius 3 is 2.50 bits per heavy atom. The number of nitrogens with zero attached hydrogens (tertiary/aromatic N) is 1. The molecule has 3 atom stereocenters. The molecule has 0 aromatic heterocycles. The highest BCUT2D eigenvalue weighted by atomic mass is 16.4. The third kappa shape index (κ3) is 2.04. The number of terminal acetylenes is 1. The second kappa shape index (κ2) is 4.40. The molecule has 2 N–H and O–H groups in total. The van der Waals surface area contributed by atoms with Gasteiger partial charge in [0.1, 0.15) is 5.60 Å². The molecule has 1 heterocycles. The lowest BCUT2D eigenvalue weighted by Crippen LogP contribution is -2.62. The van der Waals surface area contributed by atoms with E-state index in [2.05, 4.69) is 5.92 Å². The number of hydrogen-bond acceptors (Lipinski definition) is 3. The van der Waals surface area contributed by atoms with Gasteiger partial charge in [-0.05, 0) is 19.5 Å². The molecule has 3 heteroatoms. The van der Waals surface area contributed by atoms with Crippen LogP contribution in [0, 0.1) is 12.3 Å². The summed E-state index contributed by atoms with van der Waals surface area (Å²) in [6, 6.07) is 9.93. The Morgan fingerprint density at radius 1 is 1.33 bits per heavy atom. The third-order valence-corrected chi connectivity index (χ3v) is 3.89. The highest BCUT2D eigenvalue weighted by Gasteiger charge is 2.51. The molecule has 1 aromatic rings. The van der Waals surface area contributed by atoms with E-state index >= 15 is 0 Å². The number of β-amino-alcohol motifs (C(OH)–C–C–N with tert-alkyl or cyclic N) is 1. The van der Waals surface area contributed by atoms with Crippen LogP contribution in [0.25, 0.3) is 0 Å². The topological polar surface area (TPSA) is 43.7 Å². The number of likely N-dealkylation sites (N-methyl/N-ethyl adjacent to an activating group) is 1. The summed E-state index contributed by atoms with van der Waals surface area (Å²) in [7, 11) is 1.93. The number of piperidine rings is 1. The molecule has 3 nitrogen and oxygen atoms in total. The van der Waals surface area contributed by atoms with E-state index in [9.17, 15) is 10.2 Å². The summed E-state index contributed by atoms with van der Waals surface area (Å²) in [6.07, 6.45) is 5.75. The Hall–Kier alpha value is -1.34. The summed E-state index contributed by atoms with van der Waals surface area (Å²) < 4.78 is 0. The van der Waals surface area contributed by atoms with Crippen molar-refractivity contribution < 1.29 is 10.2 Å². The van der Waals surface area contributed by atoms with E-state index in [0.717, 1.165) is 5.56 Å². The Morgan fingerprint density at radius 2 is 1.94 bits per heavy atom. The Balaban J connectivity index is 2.34. The number of aliphatic hydroxyl groups is 2. The second-order valence-corrected chi connectivity index (χ2v) is 5.32. The lowest BCUT2D eigenvalue weighted by molar-refractivity contribution is -0.159. The first-order valence-corrected chi connectivity index (χ1v) is 6.07. The minimum atomic E-state index is -1.49. The maximum absolute atomic E-state index is 10.4. The zero-order chi connectivity index (χ0) is 13.4. The van der Waals surface area contributed by atoms with Crippen LogP contribution in [0.2, 0.25) is 0 Å². The summed E-state index contributed by atoms with van der Waals surface area (Å²) in [6.45, 7) is 1.93. The molecule has 96 valence electrons. The maximum Gasteiger partial charge on any atom is 0.156 e. The number of benzene rings is 1. The smallest absolute Gasteiger partial charge is 0.156 e. The van der Waals surface area contributed by atoms with Gasteiger partial charge in [0.05, 0.1) is 0 Å². The number of rotatable bonds is 1. The summed E-state index contributed by atoms with van der Waals surface area (Å²) in [5.74, 6) is 2.37. The molecule has 1 aliphatic rings. The van der Waals surface area contributed by atoms with Crippen LogP contribution in [0.4, 0.5) is 0 Å². The first-order valence-electron chi connectivity index (χ1n) is 6.07. The van der Waals surface area contributed by atoms with Gasteiger partial charge in [-0.2, -0.15) is 0 Å². The first-order chi connectivity index (χ1) is 8.39. The largest absolute Gasteiger partial charge is 0.385 e. The van der Waals surface area contributed by atoms with Crippen molar-refractivity contribution in [2.24, 2.45) is 0 Å². The zero-order valence-electron chi connectivity index (χ0n) is 10.8. The van der Waals surface area contributed by atoms with Crippen molar-refractivity contribution in [1.29, 1.82) is 0 Å². The molecular weight excluding hydrogens is 226 g/mol. The molecule has 0 saturated carbocycles. The van der Waals surface area contributed by atoms with Gasteiger partial charge in [-0.1, -0.05) is 36.3 Å². The molecule has 1 saturated heterocycles. The Bertz CT molecular complexity index is 463. The lowest BCUT2D eigenvalue weighted by Gasteiger charge is -2.49. The van der Waals surface area contributed by atoms with Gasteiger partial charge in [-0.3, -0.25) is 4.90 Å². The minimum absolute atomic E-state index is 0.0208. The predicted octanol–water partition coefficient (Wildman–Crippen LogP) is 1.18. The summed E-state index contributed by atoms with van der Waals surface area (Å²) in [5, 5.41) is 20.7. The van der Waals surface area contributed by atoms with Crippen molar-refractivity contribution in [3.05, 3.63) is 35.9 Å². The van der Waals surface area contributed by atoms with Crippen LogP contribution in [0.3, 0.4) is 0 Å². The zero-order valence-corrected chi connectivity index (χ0v) is 10.8. The van der Waals surface area contributed by atoms with Gasteiger partial charge < -0.3 is 10.2 Å². The van der Waals surface area contributed by atoms with Crippen molar-refractivity contribution in [3.63, 3.8) is 0 Å². The van der Waals surface area contributed by atoms with E-state index in [4.69, 9.17) is 6.42 Å². The fourth-order valence-corrected chi connectivity index (χ4v) is 2.64. The highest BCUT2D eigenvalue weighted by molar-refractivity contribution is 5.27. The van der Waals surface area contributed by atoms with Gasteiger partial charge in [-0.25, -0.2) is 0 Å². The van der Waals surface area contributed by atoms with Crippen LogP contribution in [0.15, 0.2) is 30.3 Å². The molecule has 0 radical (unpaired) electrons. The van der Waals surface area contributed by atoms with Gasteiger partial charge in [0, 0.05) is 19.0 Å². The van der Waals surface area contributed by atoms with Crippen molar-refractivity contribution in [2.45, 2.75) is 30.6 Å². The minimum Gasteiger partial charge on any atom is -0.385 e. The van der Waals surface area contributed by atoms with Crippen molar-refractivity contribution >= 4 is 0 Å². The Kier molecular flexibility index (Phi) is 3.20. The molecule has 2 rings (SSSR count). The van der Waals surface area contributed by atoms with Gasteiger partial charge in [-0.15, -0.1) is 6.42 Å². The summed E-state index contributed by atoms with van der Waals surface area (Å²) in [5.41, 5.74) is -1.67. The van der Waals surface area contributed by atoms with Crippen LogP contribution < -0.4 is 0 Å². The Labute approximate surface area is 108 Å². The van der Waals surface area contributed by atoms with Crippen molar-refractivity contribution in [3.8, 4) is 12.3 Å². The molecule has 0 unspecified atom stereocenters. The van der Waals surface area contributed by atoms with Crippen LogP contribution in [-0.2, 0) is 0 Å². The third-order valence-electron chi connectivity index (χ3n) is 3.89. The molecule has 18 heavy (non-hydrogen) atoms. The second-order valence-electron chi connectivity index (χ2n) is 5.32. The molecule has 0 spiro atoms. The van der Waals surface area contributed by atoms with Gasteiger partial charge in [0.25, 0.3) is 0 Å². The van der Waals surface area contributed by atoms with Gasteiger partial charge in [0.2, 0.25) is 0 Å². The summed E-state index contributed by atoms with van der Waals surface area (Å²) >= 11 is 0. The van der Waals surface area contributed by atoms with Gasteiger partial charge >= 0.3 is 0 Å². The SMILES string of the molecule is C#C[C@@]1(O)C[C@@H](c2ccccc2)N(C)C[C@]1(C)O. The van der Waals surface area contributed by atoms with E-state index < -0.39 is 11.2 Å². The quantitative estimate of drug-likeness (QED) is 0.730. The fraction of sp³-hybridized carbons (Fsp3) is 0.467. The monoisotopic (exact) mass is 245 g/mol. The molecule has 1 aliphatic heterocycles. The average Bonchev–Trinajstić information content (AvgIpc) is 2.34. The van der Waals surface area contributed by atoms with Crippen LogP contribution in [0.1, 0.15) is 24.9 Å². The number of hydrogen-bond donors (Lipinski definition) is 2. The normalized spacial score (nSPS) is 37.2. The van der Waals surface area contributed by atoms with Crippen molar-refractivity contribution in [1.82, 2.24) is 4.90 Å². The van der Waals surface area contributed by atoms with Crippen molar-refractivity contribution in [2.75, 3.05) is 13.6 Å². The molecule has 1 fully saturated rings. The maximum atomic E-state index is 10.4. The van der Waals surface area contributed by atoms with E-state index in [1.54, 1.807) is 6.92 Å².